The number of aromatic nitrogens is 1. The highest BCUT2D eigenvalue weighted by Gasteiger charge is 2.33. The molecule has 1 fully saturated rings. The summed E-state index contributed by atoms with van der Waals surface area (Å²) in [6, 6.07) is 13.1. The first-order chi connectivity index (χ1) is 13.9. The van der Waals surface area contributed by atoms with Gasteiger partial charge in [-0.2, -0.15) is 0 Å². The molecule has 0 aliphatic carbocycles. The second-order valence-electron chi connectivity index (χ2n) is 6.75. The molecule has 4 rings (SSSR count). The Bertz CT molecular complexity index is 1110. The number of nitrogens with one attached hydrogen (secondary N) is 1. The predicted molar refractivity (Wildman–Crippen MR) is 111 cm³/mol. The summed E-state index contributed by atoms with van der Waals surface area (Å²) in [6.07, 6.45) is 1.63. The summed E-state index contributed by atoms with van der Waals surface area (Å²) in [4.78, 5) is 18.5. The van der Waals surface area contributed by atoms with Crippen molar-refractivity contribution in [1.82, 2.24) is 9.88 Å². The van der Waals surface area contributed by atoms with Gasteiger partial charge in [0.1, 0.15) is 6.10 Å². The van der Waals surface area contributed by atoms with Crippen molar-refractivity contribution in [2.75, 3.05) is 17.8 Å². The first-order valence-corrected chi connectivity index (χ1v) is 11.3. The molecule has 0 atom stereocenters. The van der Waals surface area contributed by atoms with E-state index in [1.807, 2.05) is 18.4 Å². The smallest absolute Gasteiger partial charge is 0.273 e. The fraction of sp³-hybridized carbons (Fsp3) is 0.200. The SMILES string of the molecule is Cc1cccc(S(=O)(=O)Nc2ccc(C(=O)N3CC(Oc4nccs4)C3)cc2)c1. The van der Waals surface area contributed by atoms with Crippen LogP contribution in [-0.2, 0) is 10.0 Å². The van der Waals surface area contributed by atoms with Crippen LogP contribution in [0.4, 0.5) is 5.69 Å². The zero-order valence-electron chi connectivity index (χ0n) is 15.6. The van der Waals surface area contributed by atoms with E-state index in [1.54, 1.807) is 53.6 Å². The van der Waals surface area contributed by atoms with Crippen molar-refractivity contribution in [1.29, 1.82) is 0 Å². The number of rotatable bonds is 6. The molecule has 1 N–H and O–H groups in total. The first-order valence-electron chi connectivity index (χ1n) is 8.96. The lowest BCUT2D eigenvalue weighted by Crippen LogP contribution is -2.56. The lowest BCUT2D eigenvalue weighted by molar-refractivity contribution is 0.0177. The number of likely N-dealkylation sites (tertiary alicyclic amines) is 1. The van der Waals surface area contributed by atoms with Crippen molar-refractivity contribution < 1.29 is 17.9 Å². The molecule has 2 aromatic carbocycles. The van der Waals surface area contributed by atoms with Crippen LogP contribution < -0.4 is 9.46 Å². The van der Waals surface area contributed by atoms with Crippen LogP contribution in [0.5, 0.6) is 5.19 Å². The average Bonchev–Trinajstić information content (AvgIpc) is 3.17. The number of carbonyl (C=O) groups excluding carboxylic acids is 1. The zero-order valence-corrected chi connectivity index (χ0v) is 17.2. The van der Waals surface area contributed by atoms with Gasteiger partial charge in [-0.25, -0.2) is 13.4 Å². The molecule has 0 unspecified atom stereocenters. The molecule has 1 aliphatic rings. The van der Waals surface area contributed by atoms with Gasteiger partial charge in [-0.05, 0) is 48.9 Å². The first kappa shape index (κ1) is 19.4. The van der Waals surface area contributed by atoms with Crippen molar-refractivity contribution in [3.63, 3.8) is 0 Å². The quantitative estimate of drug-likeness (QED) is 0.650. The summed E-state index contributed by atoms with van der Waals surface area (Å²) in [5.74, 6) is -0.114. The number of nitrogens with zero attached hydrogens (tertiary/aromatic N) is 2. The van der Waals surface area contributed by atoms with Crippen molar-refractivity contribution in [3.05, 3.63) is 71.2 Å². The lowest BCUT2D eigenvalue weighted by Gasteiger charge is -2.38. The highest BCUT2D eigenvalue weighted by molar-refractivity contribution is 7.92. The molecule has 1 saturated heterocycles. The Labute approximate surface area is 173 Å². The van der Waals surface area contributed by atoms with Gasteiger partial charge in [-0.1, -0.05) is 23.5 Å². The number of ether oxygens (including phenoxy) is 1. The Morgan fingerprint density at radius 3 is 2.62 bits per heavy atom. The van der Waals surface area contributed by atoms with Crippen LogP contribution in [0.3, 0.4) is 0 Å². The molecule has 0 bridgehead atoms. The maximum atomic E-state index is 12.5. The summed E-state index contributed by atoms with van der Waals surface area (Å²) >= 11 is 1.42. The number of aryl methyl sites for hydroxylation is 1. The van der Waals surface area contributed by atoms with Crippen LogP contribution in [0.1, 0.15) is 15.9 Å². The maximum Gasteiger partial charge on any atom is 0.273 e. The molecule has 2 heterocycles. The van der Waals surface area contributed by atoms with Crippen molar-refractivity contribution >= 4 is 33.0 Å². The number of thiazole rings is 1. The molecule has 1 amide bonds. The number of anilines is 1. The number of carbonyl (C=O) groups is 1. The highest BCUT2D eigenvalue weighted by Crippen LogP contribution is 2.23. The third kappa shape index (κ3) is 4.41. The normalized spacial score (nSPS) is 14.3. The van der Waals surface area contributed by atoms with Crippen LogP contribution in [0.2, 0.25) is 0 Å². The van der Waals surface area contributed by atoms with Crippen LogP contribution in [0.15, 0.2) is 65.0 Å². The topological polar surface area (TPSA) is 88.6 Å². The minimum atomic E-state index is -3.68. The molecule has 0 saturated carbocycles. The summed E-state index contributed by atoms with van der Waals surface area (Å²) in [5.41, 5.74) is 1.76. The van der Waals surface area contributed by atoms with E-state index in [1.165, 1.54) is 11.3 Å². The molecule has 150 valence electrons. The summed E-state index contributed by atoms with van der Waals surface area (Å²) in [6.45, 7) is 2.84. The van der Waals surface area contributed by atoms with E-state index >= 15 is 0 Å². The molecule has 9 heteroatoms. The van der Waals surface area contributed by atoms with Crippen LogP contribution in [0.25, 0.3) is 0 Å². The summed E-state index contributed by atoms with van der Waals surface area (Å²) in [7, 11) is -3.68. The van der Waals surface area contributed by atoms with E-state index in [9.17, 15) is 13.2 Å². The summed E-state index contributed by atoms with van der Waals surface area (Å²) < 4.78 is 33.2. The highest BCUT2D eigenvalue weighted by atomic mass is 32.2. The minimum Gasteiger partial charge on any atom is -0.463 e. The molecule has 0 spiro atoms. The Kier molecular flexibility index (Phi) is 5.25. The van der Waals surface area contributed by atoms with Gasteiger partial charge >= 0.3 is 0 Å². The number of benzene rings is 2. The van der Waals surface area contributed by atoms with E-state index in [0.717, 1.165) is 5.56 Å². The molecule has 29 heavy (non-hydrogen) atoms. The molecule has 1 aliphatic heterocycles. The van der Waals surface area contributed by atoms with Gasteiger partial charge in [0.25, 0.3) is 21.1 Å². The molecule has 7 nitrogen and oxygen atoms in total. The third-order valence-corrected chi connectivity index (χ3v) is 6.54. The van der Waals surface area contributed by atoms with E-state index in [-0.39, 0.29) is 16.9 Å². The van der Waals surface area contributed by atoms with Gasteiger partial charge in [-0.15, -0.1) is 0 Å². The molecular weight excluding hydrogens is 410 g/mol. The maximum absolute atomic E-state index is 12.5. The standard InChI is InChI=1S/C20H19N3O4S2/c1-14-3-2-4-18(11-14)29(25,26)22-16-7-5-15(6-8-16)19(24)23-12-17(13-23)27-20-21-9-10-28-20/h2-11,17,22H,12-13H2,1H3. The number of hydrogen-bond acceptors (Lipinski definition) is 6. The zero-order chi connectivity index (χ0) is 20.4. The largest absolute Gasteiger partial charge is 0.463 e. The summed E-state index contributed by atoms with van der Waals surface area (Å²) in [5, 5.41) is 2.44. The second-order valence-corrected chi connectivity index (χ2v) is 9.29. The van der Waals surface area contributed by atoms with Gasteiger partial charge < -0.3 is 9.64 Å². The van der Waals surface area contributed by atoms with Crippen molar-refractivity contribution in [2.45, 2.75) is 17.9 Å². The Morgan fingerprint density at radius 2 is 1.97 bits per heavy atom. The average molecular weight is 430 g/mol. The predicted octanol–water partition coefficient (Wildman–Crippen LogP) is 3.16. The fourth-order valence-corrected chi connectivity index (χ4v) is 4.66. The Morgan fingerprint density at radius 1 is 1.21 bits per heavy atom. The minimum absolute atomic E-state index is 0.0505. The lowest BCUT2D eigenvalue weighted by atomic mass is 10.1. The Hall–Kier alpha value is -2.91. The monoisotopic (exact) mass is 429 g/mol. The molecular formula is C20H19N3O4S2. The van der Waals surface area contributed by atoms with E-state index in [4.69, 9.17) is 4.74 Å². The second kappa shape index (κ2) is 7.84. The molecule has 1 aromatic heterocycles. The number of hydrogen-bond donors (Lipinski definition) is 1. The van der Waals surface area contributed by atoms with Crippen LogP contribution >= 0.6 is 11.3 Å². The van der Waals surface area contributed by atoms with Crippen molar-refractivity contribution in [2.24, 2.45) is 0 Å². The van der Waals surface area contributed by atoms with Crippen LogP contribution in [0, 0.1) is 6.92 Å². The van der Waals surface area contributed by atoms with Gasteiger partial charge in [0.05, 0.1) is 18.0 Å². The van der Waals surface area contributed by atoms with Crippen LogP contribution in [-0.4, -0.2) is 43.4 Å². The van der Waals surface area contributed by atoms with Gasteiger partial charge in [0.15, 0.2) is 0 Å². The van der Waals surface area contributed by atoms with Crippen molar-refractivity contribution in [3.8, 4) is 5.19 Å². The molecule has 0 radical (unpaired) electrons. The van der Waals surface area contributed by atoms with Gasteiger partial charge in [0, 0.05) is 22.8 Å². The van der Waals surface area contributed by atoms with Gasteiger partial charge in [0.2, 0.25) is 0 Å². The van der Waals surface area contributed by atoms with E-state index in [2.05, 4.69) is 9.71 Å². The Balaban J connectivity index is 1.36. The van der Waals surface area contributed by atoms with E-state index < -0.39 is 10.0 Å². The number of sulfonamides is 1. The fourth-order valence-electron chi connectivity index (χ4n) is 2.95. The van der Waals surface area contributed by atoms with E-state index in [0.29, 0.717) is 29.5 Å². The third-order valence-electron chi connectivity index (χ3n) is 4.50. The van der Waals surface area contributed by atoms with Gasteiger partial charge in [-0.3, -0.25) is 9.52 Å². The molecule has 3 aromatic rings. The number of amides is 1.